The number of nitrogens with one attached hydrogen (secondary N) is 1. The zero-order valence-electron chi connectivity index (χ0n) is 10.5. The number of carbonyl (C=O) groups excluding carboxylic acids is 1. The van der Waals surface area contributed by atoms with E-state index in [-0.39, 0.29) is 5.91 Å². The summed E-state index contributed by atoms with van der Waals surface area (Å²) < 4.78 is 0. The van der Waals surface area contributed by atoms with Gasteiger partial charge in [0.1, 0.15) is 0 Å². The lowest BCUT2D eigenvalue weighted by Crippen LogP contribution is -2.49. The molecule has 90 valence electrons. The molecule has 1 amide bonds. The summed E-state index contributed by atoms with van der Waals surface area (Å²) in [4.78, 5) is 13.7. The molecule has 0 spiro atoms. The van der Waals surface area contributed by atoms with Crippen molar-refractivity contribution >= 4 is 5.91 Å². The third kappa shape index (κ3) is 6.47. The highest BCUT2D eigenvalue weighted by Crippen LogP contribution is 1.96. The predicted molar refractivity (Wildman–Crippen MR) is 63.7 cm³/mol. The largest absolute Gasteiger partial charge is 0.354 e. The van der Waals surface area contributed by atoms with Gasteiger partial charge in [-0.3, -0.25) is 4.79 Å². The molecule has 0 aliphatic carbocycles. The Balaban J connectivity index is 3.59. The number of nitrogens with two attached hydrogens (primary N) is 1. The van der Waals surface area contributed by atoms with Gasteiger partial charge in [-0.1, -0.05) is 13.8 Å². The molecule has 0 atom stereocenters. The van der Waals surface area contributed by atoms with Gasteiger partial charge in [-0.05, 0) is 39.9 Å². The van der Waals surface area contributed by atoms with E-state index in [0.29, 0.717) is 6.54 Å². The number of nitrogens with zero attached hydrogens (tertiary/aromatic N) is 1. The van der Waals surface area contributed by atoms with Gasteiger partial charge in [-0.2, -0.15) is 0 Å². The smallest absolute Gasteiger partial charge is 0.239 e. The highest BCUT2D eigenvalue weighted by molar-refractivity contribution is 5.84. The van der Waals surface area contributed by atoms with Crippen LogP contribution in [0.15, 0.2) is 0 Å². The Kier molecular flexibility index (Phi) is 6.52. The number of hydrogen-bond donors (Lipinski definition) is 2. The first-order valence-electron chi connectivity index (χ1n) is 5.71. The van der Waals surface area contributed by atoms with Gasteiger partial charge >= 0.3 is 0 Å². The summed E-state index contributed by atoms with van der Waals surface area (Å²) in [5.41, 5.74) is 4.88. The molecule has 0 aliphatic heterocycles. The van der Waals surface area contributed by atoms with E-state index in [1.54, 1.807) is 13.8 Å². The van der Waals surface area contributed by atoms with Gasteiger partial charge in [0.2, 0.25) is 5.91 Å². The molecule has 4 heteroatoms. The first-order chi connectivity index (χ1) is 6.91. The van der Waals surface area contributed by atoms with E-state index in [4.69, 9.17) is 5.73 Å². The van der Waals surface area contributed by atoms with Crippen LogP contribution in [0.3, 0.4) is 0 Å². The van der Waals surface area contributed by atoms with E-state index in [9.17, 15) is 4.79 Å². The molecule has 0 aromatic carbocycles. The Morgan fingerprint density at radius 2 is 1.87 bits per heavy atom. The van der Waals surface area contributed by atoms with E-state index in [1.165, 1.54) is 0 Å². The van der Waals surface area contributed by atoms with Gasteiger partial charge in [0, 0.05) is 6.54 Å². The molecule has 0 heterocycles. The van der Waals surface area contributed by atoms with Crippen molar-refractivity contribution in [2.45, 2.75) is 39.7 Å². The zero-order chi connectivity index (χ0) is 11.9. The van der Waals surface area contributed by atoms with Crippen molar-refractivity contribution in [1.82, 2.24) is 10.2 Å². The van der Waals surface area contributed by atoms with Crippen molar-refractivity contribution in [3.8, 4) is 0 Å². The maximum atomic E-state index is 11.4. The third-order valence-corrected chi connectivity index (χ3v) is 2.42. The molecule has 15 heavy (non-hydrogen) atoms. The summed E-state index contributed by atoms with van der Waals surface area (Å²) in [5, 5.41) is 2.84. The second kappa shape index (κ2) is 6.80. The molecule has 0 aliphatic rings. The lowest BCUT2D eigenvalue weighted by Gasteiger charge is -2.20. The van der Waals surface area contributed by atoms with Crippen LogP contribution in [-0.2, 0) is 4.79 Å². The zero-order valence-corrected chi connectivity index (χ0v) is 10.5. The molecule has 0 rings (SSSR count). The molecule has 0 aromatic rings. The van der Waals surface area contributed by atoms with Crippen LogP contribution in [0.5, 0.6) is 0 Å². The fourth-order valence-electron chi connectivity index (χ4n) is 1.27. The summed E-state index contributed by atoms with van der Waals surface area (Å²) in [6, 6.07) is 0. The van der Waals surface area contributed by atoms with E-state index in [1.807, 2.05) is 0 Å². The van der Waals surface area contributed by atoms with Gasteiger partial charge in [0.15, 0.2) is 0 Å². The van der Waals surface area contributed by atoms with Gasteiger partial charge in [-0.25, -0.2) is 0 Å². The molecule has 4 nitrogen and oxygen atoms in total. The monoisotopic (exact) mass is 215 g/mol. The Morgan fingerprint density at radius 1 is 1.33 bits per heavy atom. The summed E-state index contributed by atoms with van der Waals surface area (Å²) in [6.07, 6.45) is 0.976. The Labute approximate surface area is 93.2 Å². The van der Waals surface area contributed by atoms with Crippen LogP contribution in [0.25, 0.3) is 0 Å². The number of amides is 1. The van der Waals surface area contributed by atoms with Crippen LogP contribution >= 0.6 is 0 Å². The Hall–Kier alpha value is -0.610. The molecule has 0 fully saturated rings. The molecular weight excluding hydrogens is 190 g/mol. The van der Waals surface area contributed by atoms with Crippen molar-refractivity contribution in [3.05, 3.63) is 0 Å². The SMILES string of the molecule is CCN(CC)CCCNC(=O)C(C)(C)N. The lowest BCUT2D eigenvalue weighted by molar-refractivity contribution is -0.125. The number of rotatable bonds is 7. The molecule has 0 aromatic heterocycles. The van der Waals surface area contributed by atoms with Gasteiger partial charge in [-0.15, -0.1) is 0 Å². The van der Waals surface area contributed by atoms with Crippen LogP contribution in [0, 0.1) is 0 Å². The standard InChI is InChI=1S/C11H25N3O/c1-5-14(6-2)9-7-8-13-10(15)11(3,4)12/h5-9,12H2,1-4H3,(H,13,15). The van der Waals surface area contributed by atoms with Crippen LogP contribution in [0.4, 0.5) is 0 Å². The van der Waals surface area contributed by atoms with E-state index < -0.39 is 5.54 Å². The van der Waals surface area contributed by atoms with E-state index in [0.717, 1.165) is 26.1 Å². The summed E-state index contributed by atoms with van der Waals surface area (Å²) >= 11 is 0. The topological polar surface area (TPSA) is 58.4 Å². The Bertz CT molecular complexity index is 183. The average Bonchev–Trinajstić information content (AvgIpc) is 2.16. The van der Waals surface area contributed by atoms with Crippen molar-refractivity contribution < 1.29 is 4.79 Å². The molecular formula is C11H25N3O. The second-order valence-electron chi connectivity index (χ2n) is 4.36. The van der Waals surface area contributed by atoms with Gasteiger partial charge in [0.25, 0.3) is 0 Å². The van der Waals surface area contributed by atoms with Crippen LogP contribution < -0.4 is 11.1 Å². The van der Waals surface area contributed by atoms with E-state index >= 15 is 0 Å². The third-order valence-electron chi connectivity index (χ3n) is 2.42. The number of carbonyl (C=O) groups is 1. The van der Waals surface area contributed by atoms with Gasteiger partial charge < -0.3 is 16.0 Å². The molecule has 0 radical (unpaired) electrons. The van der Waals surface area contributed by atoms with Crippen molar-refractivity contribution in [2.75, 3.05) is 26.2 Å². The van der Waals surface area contributed by atoms with E-state index in [2.05, 4.69) is 24.1 Å². The van der Waals surface area contributed by atoms with Crippen molar-refractivity contribution in [2.24, 2.45) is 5.73 Å². The number of hydrogen-bond acceptors (Lipinski definition) is 3. The minimum Gasteiger partial charge on any atom is -0.354 e. The highest BCUT2D eigenvalue weighted by Gasteiger charge is 2.20. The predicted octanol–water partition coefficient (Wildman–Crippen LogP) is 0.572. The first-order valence-corrected chi connectivity index (χ1v) is 5.71. The molecule has 0 bridgehead atoms. The molecule has 0 saturated carbocycles. The minimum atomic E-state index is -0.769. The molecule has 0 saturated heterocycles. The Morgan fingerprint density at radius 3 is 2.27 bits per heavy atom. The summed E-state index contributed by atoms with van der Waals surface area (Å²) in [5.74, 6) is -0.0814. The molecule has 0 unspecified atom stereocenters. The normalized spacial score (nSPS) is 11.9. The lowest BCUT2D eigenvalue weighted by atomic mass is 10.1. The minimum absolute atomic E-state index is 0.0814. The summed E-state index contributed by atoms with van der Waals surface area (Å²) in [6.45, 7) is 11.6. The quantitative estimate of drug-likeness (QED) is 0.611. The first kappa shape index (κ1) is 14.4. The fourth-order valence-corrected chi connectivity index (χ4v) is 1.27. The maximum Gasteiger partial charge on any atom is 0.239 e. The van der Waals surface area contributed by atoms with Gasteiger partial charge in [0.05, 0.1) is 5.54 Å². The average molecular weight is 215 g/mol. The summed E-state index contributed by atoms with van der Waals surface area (Å²) in [7, 11) is 0. The van der Waals surface area contributed by atoms with Crippen LogP contribution in [-0.4, -0.2) is 42.5 Å². The van der Waals surface area contributed by atoms with Crippen molar-refractivity contribution in [1.29, 1.82) is 0 Å². The highest BCUT2D eigenvalue weighted by atomic mass is 16.2. The maximum absolute atomic E-state index is 11.4. The van der Waals surface area contributed by atoms with Crippen molar-refractivity contribution in [3.63, 3.8) is 0 Å². The van der Waals surface area contributed by atoms with Crippen LogP contribution in [0.1, 0.15) is 34.1 Å². The fraction of sp³-hybridized carbons (Fsp3) is 0.909. The van der Waals surface area contributed by atoms with Crippen LogP contribution in [0.2, 0.25) is 0 Å². The second-order valence-corrected chi connectivity index (χ2v) is 4.36. The molecule has 3 N–H and O–H groups in total.